The standard InChI is InChI=1S/C23H28N6O3/c1-15-17-6-5-7-19(31-3)21(17)27-23(26-15)28-22-24-13-29(14-25-22)11-10-16-8-9-18(30-2)20(12-16)32-4/h5-9,12H,10-11,13-14H2,1-4H3,(H2,24,25,26,27,28). The highest BCUT2D eigenvalue weighted by atomic mass is 16.5. The fourth-order valence-electron chi connectivity index (χ4n) is 3.63. The normalized spacial score (nSPS) is 13.9. The van der Waals surface area contributed by atoms with Crippen LogP contribution in [0.2, 0.25) is 0 Å². The van der Waals surface area contributed by atoms with Crippen molar-refractivity contribution < 1.29 is 14.2 Å². The third-order valence-electron chi connectivity index (χ3n) is 5.39. The summed E-state index contributed by atoms with van der Waals surface area (Å²) < 4.78 is 16.1. The van der Waals surface area contributed by atoms with Gasteiger partial charge in [-0.2, -0.15) is 0 Å². The van der Waals surface area contributed by atoms with Crippen LogP contribution in [0.25, 0.3) is 10.9 Å². The van der Waals surface area contributed by atoms with E-state index in [-0.39, 0.29) is 0 Å². The Kier molecular flexibility index (Phi) is 6.55. The zero-order valence-electron chi connectivity index (χ0n) is 18.8. The van der Waals surface area contributed by atoms with E-state index in [1.165, 1.54) is 5.56 Å². The Morgan fingerprint density at radius 3 is 2.53 bits per heavy atom. The molecule has 9 nitrogen and oxygen atoms in total. The molecule has 0 fully saturated rings. The minimum absolute atomic E-state index is 0.490. The number of aromatic nitrogens is 2. The summed E-state index contributed by atoms with van der Waals surface area (Å²) in [5.74, 6) is 3.34. The molecule has 168 valence electrons. The number of para-hydroxylation sites is 1. The Balaban J connectivity index is 1.38. The van der Waals surface area contributed by atoms with Gasteiger partial charge in [-0.05, 0) is 37.1 Å². The maximum absolute atomic E-state index is 5.45. The van der Waals surface area contributed by atoms with Gasteiger partial charge in [-0.1, -0.05) is 18.2 Å². The van der Waals surface area contributed by atoms with E-state index in [9.17, 15) is 0 Å². The summed E-state index contributed by atoms with van der Waals surface area (Å²) in [7, 11) is 4.93. The first-order valence-electron chi connectivity index (χ1n) is 10.4. The van der Waals surface area contributed by atoms with Crippen molar-refractivity contribution in [1.82, 2.24) is 20.2 Å². The van der Waals surface area contributed by atoms with Gasteiger partial charge in [0, 0.05) is 11.9 Å². The average molecular weight is 437 g/mol. The van der Waals surface area contributed by atoms with Crippen LogP contribution in [-0.2, 0) is 6.42 Å². The van der Waals surface area contributed by atoms with Crippen LogP contribution in [0.4, 0.5) is 5.95 Å². The van der Waals surface area contributed by atoms with Crippen LogP contribution in [0.5, 0.6) is 17.2 Å². The Morgan fingerprint density at radius 1 is 1.00 bits per heavy atom. The topological polar surface area (TPSA) is 93.1 Å². The highest BCUT2D eigenvalue weighted by Crippen LogP contribution is 2.28. The van der Waals surface area contributed by atoms with Crippen LogP contribution in [-0.4, -0.2) is 62.0 Å². The molecule has 0 saturated carbocycles. The van der Waals surface area contributed by atoms with Crippen LogP contribution < -0.4 is 24.8 Å². The molecule has 1 aliphatic heterocycles. The molecule has 4 rings (SSSR count). The molecule has 0 atom stereocenters. The van der Waals surface area contributed by atoms with Gasteiger partial charge in [0.25, 0.3) is 0 Å². The first kappa shape index (κ1) is 21.6. The largest absolute Gasteiger partial charge is 0.494 e. The number of rotatable bonds is 7. The first-order valence-corrected chi connectivity index (χ1v) is 10.4. The summed E-state index contributed by atoms with van der Waals surface area (Å²) in [5, 5.41) is 7.46. The first-order chi connectivity index (χ1) is 15.6. The van der Waals surface area contributed by atoms with Gasteiger partial charge in [0.05, 0.1) is 40.4 Å². The SMILES string of the molecule is COc1ccc(CCN2CN=C(Nc3nc(C)c4cccc(OC)c4n3)NC2)cc1OC. The van der Waals surface area contributed by atoms with Gasteiger partial charge < -0.3 is 19.5 Å². The van der Waals surface area contributed by atoms with Crippen LogP contribution in [0.3, 0.4) is 0 Å². The second-order valence-corrected chi connectivity index (χ2v) is 7.43. The van der Waals surface area contributed by atoms with E-state index >= 15 is 0 Å². The lowest BCUT2D eigenvalue weighted by atomic mass is 10.1. The molecule has 0 radical (unpaired) electrons. The van der Waals surface area contributed by atoms with E-state index in [0.717, 1.165) is 46.8 Å². The minimum Gasteiger partial charge on any atom is -0.494 e. The van der Waals surface area contributed by atoms with Crippen molar-refractivity contribution >= 4 is 22.8 Å². The number of hydrogen-bond donors (Lipinski definition) is 2. The highest BCUT2D eigenvalue weighted by Gasteiger charge is 2.15. The third-order valence-corrected chi connectivity index (χ3v) is 5.39. The lowest BCUT2D eigenvalue weighted by molar-refractivity contribution is 0.268. The molecule has 2 heterocycles. The molecule has 0 amide bonds. The minimum atomic E-state index is 0.490. The summed E-state index contributed by atoms with van der Waals surface area (Å²) in [6.45, 7) is 4.08. The lowest BCUT2D eigenvalue weighted by Gasteiger charge is -2.27. The van der Waals surface area contributed by atoms with Crippen molar-refractivity contribution in [3.8, 4) is 17.2 Å². The Labute approximate surface area is 187 Å². The molecule has 2 N–H and O–H groups in total. The zero-order valence-corrected chi connectivity index (χ0v) is 18.8. The van der Waals surface area contributed by atoms with E-state index < -0.39 is 0 Å². The van der Waals surface area contributed by atoms with Crippen LogP contribution in [0.1, 0.15) is 11.3 Å². The number of anilines is 1. The molecule has 2 aromatic carbocycles. The Morgan fingerprint density at radius 2 is 1.81 bits per heavy atom. The number of aryl methyl sites for hydroxylation is 1. The van der Waals surface area contributed by atoms with E-state index in [1.807, 2.05) is 37.3 Å². The molecule has 0 bridgehead atoms. The van der Waals surface area contributed by atoms with Gasteiger partial charge in [0.2, 0.25) is 11.9 Å². The summed E-state index contributed by atoms with van der Waals surface area (Å²) in [5.41, 5.74) is 2.84. The van der Waals surface area contributed by atoms with Crippen molar-refractivity contribution in [2.45, 2.75) is 13.3 Å². The summed E-state index contributed by atoms with van der Waals surface area (Å²) in [6, 6.07) is 11.8. The van der Waals surface area contributed by atoms with Gasteiger partial charge in [-0.15, -0.1) is 0 Å². The molecular formula is C23H28N6O3. The lowest BCUT2D eigenvalue weighted by Crippen LogP contribution is -2.46. The van der Waals surface area contributed by atoms with Gasteiger partial charge in [-0.3, -0.25) is 10.2 Å². The van der Waals surface area contributed by atoms with Gasteiger partial charge in [0.1, 0.15) is 11.3 Å². The van der Waals surface area contributed by atoms with E-state index in [1.54, 1.807) is 21.3 Å². The number of nitrogens with zero attached hydrogens (tertiary/aromatic N) is 4. The molecule has 0 saturated heterocycles. The van der Waals surface area contributed by atoms with Gasteiger partial charge in [0.15, 0.2) is 11.5 Å². The van der Waals surface area contributed by atoms with Crippen molar-refractivity contribution in [1.29, 1.82) is 0 Å². The maximum Gasteiger partial charge on any atom is 0.230 e. The fraction of sp³-hybridized carbons (Fsp3) is 0.348. The van der Waals surface area contributed by atoms with Crippen LogP contribution >= 0.6 is 0 Å². The zero-order chi connectivity index (χ0) is 22.5. The predicted octanol–water partition coefficient (Wildman–Crippen LogP) is 2.79. The average Bonchev–Trinajstić information content (AvgIpc) is 2.83. The summed E-state index contributed by atoms with van der Waals surface area (Å²) in [4.78, 5) is 16.0. The van der Waals surface area contributed by atoms with E-state index in [0.29, 0.717) is 25.2 Å². The second-order valence-electron chi connectivity index (χ2n) is 7.43. The Hall–Kier alpha value is -3.59. The van der Waals surface area contributed by atoms with Gasteiger partial charge in [-0.25, -0.2) is 15.0 Å². The second kappa shape index (κ2) is 9.69. The molecule has 32 heavy (non-hydrogen) atoms. The molecular weight excluding hydrogens is 408 g/mol. The van der Waals surface area contributed by atoms with E-state index in [2.05, 4.69) is 36.6 Å². The van der Waals surface area contributed by atoms with Crippen molar-refractivity contribution in [2.24, 2.45) is 4.99 Å². The smallest absolute Gasteiger partial charge is 0.230 e. The molecule has 0 spiro atoms. The predicted molar refractivity (Wildman–Crippen MR) is 125 cm³/mol. The molecule has 9 heteroatoms. The van der Waals surface area contributed by atoms with Crippen LogP contribution in [0, 0.1) is 6.92 Å². The van der Waals surface area contributed by atoms with E-state index in [4.69, 9.17) is 14.2 Å². The monoisotopic (exact) mass is 436 g/mol. The molecule has 1 aromatic heterocycles. The number of hydrogen-bond acceptors (Lipinski definition) is 9. The molecule has 3 aromatic rings. The quantitative estimate of drug-likeness (QED) is 0.584. The summed E-state index contributed by atoms with van der Waals surface area (Å²) in [6.07, 6.45) is 0.882. The molecule has 0 aliphatic carbocycles. The number of ether oxygens (including phenoxy) is 3. The van der Waals surface area contributed by atoms with Crippen molar-refractivity contribution in [3.63, 3.8) is 0 Å². The number of fused-ring (bicyclic) bond motifs is 1. The summed E-state index contributed by atoms with van der Waals surface area (Å²) >= 11 is 0. The maximum atomic E-state index is 5.45. The molecule has 0 unspecified atom stereocenters. The third kappa shape index (κ3) is 4.67. The fourth-order valence-corrected chi connectivity index (χ4v) is 3.63. The van der Waals surface area contributed by atoms with Gasteiger partial charge >= 0.3 is 0 Å². The van der Waals surface area contributed by atoms with Crippen molar-refractivity contribution in [3.05, 3.63) is 47.7 Å². The number of nitrogens with one attached hydrogen (secondary N) is 2. The number of aliphatic imine (C=N–C) groups is 1. The van der Waals surface area contributed by atoms with Crippen molar-refractivity contribution in [2.75, 3.05) is 46.5 Å². The van der Waals surface area contributed by atoms with Crippen LogP contribution in [0.15, 0.2) is 41.4 Å². The number of methoxy groups -OCH3 is 3. The number of benzene rings is 2. The Bertz CT molecular complexity index is 1130. The number of guanidine groups is 1. The molecule has 1 aliphatic rings. The highest BCUT2D eigenvalue weighted by molar-refractivity contribution is 5.94.